The van der Waals surface area contributed by atoms with E-state index >= 15 is 0 Å². The van der Waals surface area contributed by atoms with Gasteiger partial charge < -0.3 is 0 Å². The minimum Gasteiger partial charge on any atom is -0.282 e. The van der Waals surface area contributed by atoms with Crippen LogP contribution in [-0.4, -0.2) is 5.37 Å². The van der Waals surface area contributed by atoms with Crippen LogP contribution >= 0.6 is 23.5 Å². The van der Waals surface area contributed by atoms with Gasteiger partial charge in [-0.2, -0.15) is 0 Å². The highest BCUT2D eigenvalue weighted by atomic mass is 35.5. The van der Waals surface area contributed by atoms with Gasteiger partial charge in [0.25, 0.3) is 0 Å². The molecule has 0 fully saturated rings. The van der Waals surface area contributed by atoms with Crippen molar-refractivity contribution in [3.8, 4) is 0 Å². The average Bonchev–Trinajstić information content (AvgIpc) is 2.23. The fraction of sp³-hybridized carbons (Fsp3) is 0. The number of benzene rings is 1. The number of amides is 1. The molecular weight excluding hydrogens is 277 g/mol. The molecule has 0 saturated heterocycles. The quantitative estimate of drug-likeness (QED) is 0.224. The summed E-state index contributed by atoms with van der Waals surface area (Å²) in [5, 5.41) is -1.21. The van der Waals surface area contributed by atoms with Gasteiger partial charge in [0.15, 0.2) is 23.3 Å². The van der Waals surface area contributed by atoms with E-state index in [1.165, 1.54) is 0 Å². The van der Waals surface area contributed by atoms with E-state index in [9.17, 15) is 26.7 Å². The predicted octanol–water partition coefficient (Wildman–Crippen LogP) is 3.34. The molecule has 0 aromatic heterocycles. The van der Waals surface area contributed by atoms with Gasteiger partial charge >= 0.3 is 5.37 Å². The van der Waals surface area contributed by atoms with Crippen molar-refractivity contribution in [1.29, 1.82) is 0 Å². The summed E-state index contributed by atoms with van der Waals surface area (Å²) in [6, 6.07) is 0. The molecule has 0 heterocycles. The lowest BCUT2D eigenvalue weighted by Crippen LogP contribution is -2.10. The third-order valence-corrected chi connectivity index (χ3v) is 2.46. The summed E-state index contributed by atoms with van der Waals surface area (Å²) in [6.07, 6.45) is 0. The van der Waals surface area contributed by atoms with E-state index in [-0.39, 0.29) is 11.9 Å². The number of rotatable bonds is 2. The van der Waals surface area contributed by atoms with Crippen molar-refractivity contribution in [3.05, 3.63) is 29.1 Å². The number of carbonyl (C=O) groups excluding carboxylic acids is 1. The van der Waals surface area contributed by atoms with E-state index in [4.69, 9.17) is 11.6 Å². The minimum absolute atomic E-state index is 0.109. The molecule has 9 heteroatoms. The third kappa shape index (κ3) is 2.38. The molecule has 0 radical (unpaired) electrons. The summed E-state index contributed by atoms with van der Waals surface area (Å²) >= 11 is 4.66. The van der Waals surface area contributed by atoms with E-state index in [0.717, 1.165) is 0 Å². The Hall–Kier alpha value is -1.02. The van der Waals surface area contributed by atoms with E-state index in [0.29, 0.717) is 0 Å². The number of halogens is 6. The van der Waals surface area contributed by atoms with E-state index < -0.39 is 39.3 Å². The van der Waals surface area contributed by atoms with Crippen molar-refractivity contribution in [3.63, 3.8) is 0 Å². The lowest BCUT2D eigenvalue weighted by atomic mass is 10.3. The van der Waals surface area contributed by atoms with Gasteiger partial charge in [0.1, 0.15) is 4.90 Å². The molecule has 1 aromatic carbocycles. The molecule has 1 rings (SSSR count). The fourth-order valence-electron chi connectivity index (χ4n) is 0.766. The smallest absolute Gasteiger partial charge is 0.282 e. The molecule has 0 aliphatic carbocycles. The largest absolute Gasteiger partial charge is 0.323 e. The highest BCUT2D eigenvalue weighted by Crippen LogP contribution is 2.29. The predicted molar refractivity (Wildman–Crippen MR) is 46.5 cm³/mol. The Morgan fingerprint density at radius 3 is 1.69 bits per heavy atom. The SMILES string of the molecule is O=C(Cl)NSc1c(F)c(F)c(F)c(F)c1F. The Kier molecular flexibility index (Phi) is 3.98. The Bertz CT molecular complexity index is 426. The fourth-order valence-corrected chi connectivity index (χ4v) is 1.42. The second-order valence-electron chi connectivity index (χ2n) is 2.38. The normalized spacial score (nSPS) is 10.4. The first kappa shape index (κ1) is 13.0. The highest BCUT2D eigenvalue weighted by molar-refractivity contribution is 7.98. The monoisotopic (exact) mass is 277 g/mol. The maximum absolute atomic E-state index is 12.9. The zero-order valence-corrected chi connectivity index (χ0v) is 8.66. The van der Waals surface area contributed by atoms with Gasteiger partial charge in [-0.1, -0.05) is 0 Å². The molecule has 0 aliphatic rings. The summed E-state index contributed by atoms with van der Waals surface area (Å²) in [4.78, 5) is 8.97. The summed E-state index contributed by atoms with van der Waals surface area (Å²) in [7, 11) is 0. The van der Waals surface area contributed by atoms with Crippen LogP contribution < -0.4 is 4.72 Å². The molecule has 88 valence electrons. The van der Waals surface area contributed by atoms with Crippen molar-refractivity contribution >= 4 is 28.9 Å². The molecule has 16 heavy (non-hydrogen) atoms. The second kappa shape index (κ2) is 4.88. The summed E-state index contributed by atoms with van der Waals surface area (Å²) in [5.41, 5.74) is 0. The molecule has 0 bridgehead atoms. The molecule has 0 spiro atoms. The molecule has 0 saturated carbocycles. The summed E-state index contributed by atoms with van der Waals surface area (Å²) in [6.45, 7) is 0. The van der Waals surface area contributed by atoms with Crippen LogP contribution in [0.15, 0.2) is 4.90 Å². The summed E-state index contributed by atoms with van der Waals surface area (Å²) < 4.78 is 65.2. The second-order valence-corrected chi connectivity index (χ2v) is 3.54. The Balaban J connectivity index is 3.23. The van der Waals surface area contributed by atoms with Crippen molar-refractivity contribution in [2.75, 3.05) is 0 Å². The van der Waals surface area contributed by atoms with E-state index in [1.807, 2.05) is 0 Å². The van der Waals surface area contributed by atoms with Crippen molar-refractivity contribution in [2.45, 2.75) is 4.90 Å². The van der Waals surface area contributed by atoms with Crippen LogP contribution in [-0.2, 0) is 0 Å². The topological polar surface area (TPSA) is 29.1 Å². The highest BCUT2D eigenvalue weighted by Gasteiger charge is 2.26. The first-order chi connectivity index (χ1) is 7.36. The molecular formula is C7HClF5NOS. The molecule has 1 aromatic rings. The number of hydrogen-bond donors (Lipinski definition) is 1. The number of carbonyl (C=O) groups is 1. The zero-order chi connectivity index (χ0) is 12.5. The van der Waals surface area contributed by atoms with Crippen molar-refractivity contribution in [1.82, 2.24) is 4.72 Å². The maximum Gasteiger partial charge on any atom is 0.323 e. The van der Waals surface area contributed by atoms with Crippen LogP contribution in [0.4, 0.5) is 26.7 Å². The van der Waals surface area contributed by atoms with Crippen LogP contribution in [0.2, 0.25) is 0 Å². The first-order valence-corrected chi connectivity index (χ1v) is 4.69. The minimum atomic E-state index is -2.27. The zero-order valence-electron chi connectivity index (χ0n) is 7.08. The van der Waals surface area contributed by atoms with Gasteiger partial charge in [0, 0.05) is 0 Å². The number of hydrogen-bond acceptors (Lipinski definition) is 2. The molecule has 1 amide bonds. The van der Waals surface area contributed by atoms with Gasteiger partial charge in [0.2, 0.25) is 5.82 Å². The van der Waals surface area contributed by atoms with Gasteiger partial charge in [-0.3, -0.25) is 9.52 Å². The summed E-state index contributed by atoms with van der Waals surface area (Å²) in [5.74, 6) is -10.5. The van der Waals surface area contributed by atoms with E-state index in [2.05, 4.69) is 0 Å². The first-order valence-electron chi connectivity index (χ1n) is 3.50. The maximum atomic E-state index is 12.9. The van der Waals surface area contributed by atoms with Crippen LogP contribution in [0.5, 0.6) is 0 Å². The van der Waals surface area contributed by atoms with Crippen molar-refractivity contribution < 1.29 is 26.7 Å². The van der Waals surface area contributed by atoms with Crippen molar-refractivity contribution in [2.24, 2.45) is 0 Å². The Morgan fingerprint density at radius 1 is 0.938 bits per heavy atom. The van der Waals surface area contributed by atoms with Crippen LogP contribution in [0.25, 0.3) is 0 Å². The van der Waals surface area contributed by atoms with Gasteiger partial charge in [0.05, 0.1) is 0 Å². The molecule has 0 unspecified atom stereocenters. The average molecular weight is 278 g/mol. The standard InChI is InChI=1S/C7HClF5NOS/c8-7(15)14-16-6-4(12)2(10)1(9)3(11)5(6)13/h(H,14,15). The third-order valence-electron chi connectivity index (χ3n) is 1.40. The molecule has 0 aliphatic heterocycles. The van der Waals surface area contributed by atoms with E-state index in [1.54, 1.807) is 4.72 Å². The van der Waals surface area contributed by atoms with Gasteiger partial charge in [-0.25, -0.2) is 22.0 Å². The number of nitrogens with one attached hydrogen (secondary N) is 1. The molecule has 0 atom stereocenters. The van der Waals surface area contributed by atoms with Gasteiger partial charge in [-0.15, -0.1) is 0 Å². The molecule has 2 nitrogen and oxygen atoms in total. The lowest BCUT2D eigenvalue weighted by Gasteiger charge is -2.06. The Labute approximate surface area is 94.9 Å². The van der Waals surface area contributed by atoms with Gasteiger partial charge in [-0.05, 0) is 23.5 Å². The molecule has 1 N–H and O–H groups in total. The Morgan fingerprint density at radius 2 is 1.31 bits per heavy atom. The van der Waals surface area contributed by atoms with Crippen LogP contribution in [0.1, 0.15) is 0 Å². The lowest BCUT2D eigenvalue weighted by molar-refractivity contribution is 0.264. The van der Waals surface area contributed by atoms with Crippen LogP contribution in [0.3, 0.4) is 0 Å². The van der Waals surface area contributed by atoms with Crippen LogP contribution in [0, 0.1) is 29.1 Å².